The van der Waals surface area contributed by atoms with Gasteiger partial charge in [0.1, 0.15) is 0 Å². The molecule has 0 aliphatic heterocycles. The van der Waals surface area contributed by atoms with Crippen LogP contribution in [-0.2, 0) is 0 Å². The Morgan fingerprint density at radius 2 is 2.50 bits per heavy atom. The molecule has 0 spiro atoms. The van der Waals surface area contributed by atoms with Gasteiger partial charge < -0.3 is 5.73 Å². The van der Waals surface area contributed by atoms with E-state index in [-0.39, 0.29) is 0 Å². The number of hydrogen-bond donors (Lipinski definition) is 1. The van der Waals surface area contributed by atoms with Gasteiger partial charge in [0.2, 0.25) is 0 Å². The number of thiophene rings is 1. The molecule has 0 fully saturated rings. The average molecular weight is 155 g/mol. The summed E-state index contributed by atoms with van der Waals surface area (Å²) in [7, 11) is 0. The van der Waals surface area contributed by atoms with E-state index in [0.29, 0.717) is 5.92 Å². The van der Waals surface area contributed by atoms with Gasteiger partial charge in [-0.05, 0) is 41.3 Å². The van der Waals surface area contributed by atoms with Crippen molar-refractivity contribution in [3.63, 3.8) is 0 Å². The first-order valence-electron chi connectivity index (χ1n) is 3.60. The Kier molecular flexibility index (Phi) is 2.90. The van der Waals surface area contributed by atoms with Gasteiger partial charge in [0.05, 0.1) is 0 Å². The first kappa shape index (κ1) is 7.76. The van der Waals surface area contributed by atoms with Crippen molar-refractivity contribution in [2.45, 2.75) is 19.3 Å². The quantitative estimate of drug-likeness (QED) is 0.711. The van der Waals surface area contributed by atoms with E-state index in [4.69, 9.17) is 5.73 Å². The molecule has 1 heterocycles. The molecule has 0 aliphatic rings. The molecule has 0 aliphatic carbocycles. The van der Waals surface area contributed by atoms with Crippen LogP contribution in [0.3, 0.4) is 0 Å². The second-order valence-electron chi connectivity index (χ2n) is 2.40. The van der Waals surface area contributed by atoms with Crippen molar-refractivity contribution in [3.8, 4) is 0 Å². The minimum atomic E-state index is 0.575. The van der Waals surface area contributed by atoms with Gasteiger partial charge in [-0.3, -0.25) is 0 Å². The number of hydrogen-bond acceptors (Lipinski definition) is 2. The first-order chi connectivity index (χ1) is 4.88. The molecule has 1 nitrogen and oxygen atoms in total. The molecule has 2 heteroatoms. The highest BCUT2D eigenvalue weighted by molar-refractivity contribution is 7.07. The van der Waals surface area contributed by atoms with Crippen LogP contribution in [-0.4, -0.2) is 6.54 Å². The van der Waals surface area contributed by atoms with Gasteiger partial charge in [0, 0.05) is 0 Å². The molecular weight excluding hydrogens is 142 g/mol. The van der Waals surface area contributed by atoms with Crippen molar-refractivity contribution < 1.29 is 0 Å². The molecule has 1 unspecified atom stereocenters. The first-order valence-corrected chi connectivity index (χ1v) is 4.55. The molecule has 1 aromatic heterocycles. The van der Waals surface area contributed by atoms with Crippen LogP contribution >= 0.6 is 11.3 Å². The van der Waals surface area contributed by atoms with Gasteiger partial charge in [0.15, 0.2) is 0 Å². The summed E-state index contributed by atoms with van der Waals surface area (Å²) in [6.45, 7) is 2.95. The minimum Gasteiger partial charge on any atom is -0.330 e. The Morgan fingerprint density at radius 1 is 1.70 bits per heavy atom. The van der Waals surface area contributed by atoms with E-state index in [1.807, 2.05) is 0 Å². The van der Waals surface area contributed by atoms with Crippen LogP contribution in [0, 0.1) is 0 Å². The molecule has 0 aromatic carbocycles. The predicted octanol–water partition coefficient (Wildman–Crippen LogP) is 2.20. The van der Waals surface area contributed by atoms with Gasteiger partial charge in [-0.25, -0.2) is 0 Å². The zero-order chi connectivity index (χ0) is 7.40. The Labute approximate surface area is 65.9 Å². The van der Waals surface area contributed by atoms with E-state index < -0.39 is 0 Å². The summed E-state index contributed by atoms with van der Waals surface area (Å²) in [5.74, 6) is 0.575. The average Bonchev–Trinajstić information content (AvgIpc) is 2.43. The van der Waals surface area contributed by atoms with Crippen molar-refractivity contribution >= 4 is 11.3 Å². The molecule has 0 amide bonds. The van der Waals surface area contributed by atoms with Crippen molar-refractivity contribution in [1.82, 2.24) is 0 Å². The highest BCUT2D eigenvalue weighted by Gasteiger charge is 2.05. The summed E-state index contributed by atoms with van der Waals surface area (Å²) in [6, 6.07) is 2.16. The largest absolute Gasteiger partial charge is 0.330 e. The van der Waals surface area contributed by atoms with Crippen LogP contribution in [0.2, 0.25) is 0 Å². The summed E-state index contributed by atoms with van der Waals surface area (Å²) in [4.78, 5) is 0. The van der Waals surface area contributed by atoms with E-state index in [1.54, 1.807) is 11.3 Å². The molecule has 0 radical (unpaired) electrons. The fourth-order valence-electron chi connectivity index (χ4n) is 1.05. The van der Waals surface area contributed by atoms with Crippen molar-refractivity contribution in [2.24, 2.45) is 5.73 Å². The number of nitrogens with two attached hydrogens (primary N) is 1. The summed E-state index contributed by atoms with van der Waals surface area (Å²) >= 11 is 1.74. The molecular formula is C8H13NS. The Morgan fingerprint density at radius 3 is 2.90 bits per heavy atom. The molecule has 0 saturated heterocycles. The molecule has 56 valence electrons. The third-order valence-electron chi connectivity index (χ3n) is 1.79. The van der Waals surface area contributed by atoms with E-state index in [2.05, 4.69) is 23.8 Å². The van der Waals surface area contributed by atoms with Crippen LogP contribution in [0.1, 0.15) is 24.8 Å². The van der Waals surface area contributed by atoms with Crippen molar-refractivity contribution in [2.75, 3.05) is 6.54 Å². The van der Waals surface area contributed by atoms with E-state index in [1.165, 1.54) is 5.56 Å². The summed E-state index contributed by atoms with van der Waals surface area (Å²) in [5, 5.41) is 4.29. The normalized spacial score (nSPS) is 13.4. The molecule has 0 saturated carbocycles. The van der Waals surface area contributed by atoms with Gasteiger partial charge in [-0.2, -0.15) is 11.3 Å². The lowest BCUT2D eigenvalue weighted by Crippen LogP contribution is -2.10. The molecule has 2 N–H and O–H groups in total. The zero-order valence-electron chi connectivity index (χ0n) is 6.21. The molecule has 1 atom stereocenters. The third kappa shape index (κ3) is 1.58. The van der Waals surface area contributed by atoms with Crippen LogP contribution in [0.5, 0.6) is 0 Å². The Balaban J connectivity index is 2.64. The monoisotopic (exact) mass is 155 g/mol. The highest BCUT2D eigenvalue weighted by Crippen LogP contribution is 2.19. The maximum absolute atomic E-state index is 5.58. The van der Waals surface area contributed by atoms with E-state index >= 15 is 0 Å². The smallest absolute Gasteiger partial charge is 0.000804 e. The SMILES string of the molecule is CCC(CN)c1ccsc1. The fraction of sp³-hybridized carbons (Fsp3) is 0.500. The topological polar surface area (TPSA) is 26.0 Å². The lowest BCUT2D eigenvalue weighted by atomic mass is 10.0. The predicted molar refractivity (Wildman–Crippen MR) is 46.4 cm³/mol. The lowest BCUT2D eigenvalue weighted by molar-refractivity contribution is 0.677. The second-order valence-corrected chi connectivity index (χ2v) is 3.18. The molecule has 10 heavy (non-hydrogen) atoms. The highest BCUT2D eigenvalue weighted by atomic mass is 32.1. The second kappa shape index (κ2) is 3.74. The van der Waals surface area contributed by atoms with Gasteiger partial charge >= 0.3 is 0 Å². The maximum Gasteiger partial charge on any atom is -0.000804 e. The summed E-state index contributed by atoms with van der Waals surface area (Å²) in [5.41, 5.74) is 6.98. The maximum atomic E-state index is 5.58. The number of rotatable bonds is 3. The molecule has 1 rings (SSSR count). The van der Waals surface area contributed by atoms with Crippen molar-refractivity contribution in [1.29, 1.82) is 0 Å². The zero-order valence-corrected chi connectivity index (χ0v) is 7.03. The summed E-state index contributed by atoms with van der Waals surface area (Å²) in [6.07, 6.45) is 1.15. The van der Waals surface area contributed by atoms with E-state index in [0.717, 1.165) is 13.0 Å². The van der Waals surface area contributed by atoms with Gasteiger partial charge in [-0.15, -0.1) is 0 Å². The Bertz CT molecular complexity index is 165. The minimum absolute atomic E-state index is 0.575. The van der Waals surface area contributed by atoms with Crippen LogP contribution in [0.4, 0.5) is 0 Å². The van der Waals surface area contributed by atoms with E-state index in [9.17, 15) is 0 Å². The summed E-state index contributed by atoms with van der Waals surface area (Å²) < 4.78 is 0. The fourth-order valence-corrected chi connectivity index (χ4v) is 1.79. The van der Waals surface area contributed by atoms with Gasteiger partial charge in [-0.1, -0.05) is 6.92 Å². The Hall–Kier alpha value is -0.340. The van der Waals surface area contributed by atoms with Crippen LogP contribution in [0.15, 0.2) is 16.8 Å². The van der Waals surface area contributed by atoms with Gasteiger partial charge in [0.25, 0.3) is 0 Å². The molecule has 1 aromatic rings. The van der Waals surface area contributed by atoms with Crippen LogP contribution < -0.4 is 5.73 Å². The van der Waals surface area contributed by atoms with Crippen molar-refractivity contribution in [3.05, 3.63) is 22.4 Å². The van der Waals surface area contributed by atoms with Crippen LogP contribution in [0.25, 0.3) is 0 Å². The standard InChI is InChI=1S/C8H13NS/c1-2-7(5-9)8-3-4-10-6-8/h3-4,6-7H,2,5,9H2,1H3. The third-order valence-corrected chi connectivity index (χ3v) is 2.49. The lowest BCUT2D eigenvalue weighted by Gasteiger charge is -2.08. The molecule has 0 bridgehead atoms.